The van der Waals surface area contributed by atoms with Crippen molar-refractivity contribution < 1.29 is 13.9 Å². The molecule has 1 aromatic heterocycles. The summed E-state index contributed by atoms with van der Waals surface area (Å²) >= 11 is 0. The van der Waals surface area contributed by atoms with Crippen molar-refractivity contribution in [3.05, 3.63) is 77.2 Å². The molecule has 150 valence electrons. The third-order valence-corrected chi connectivity index (χ3v) is 5.17. The van der Waals surface area contributed by atoms with Gasteiger partial charge in [-0.1, -0.05) is 30.3 Å². The zero-order valence-corrected chi connectivity index (χ0v) is 16.6. The molecule has 1 atom stereocenters. The lowest BCUT2D eigenvalue weighted by molar-refractivity contribution is -0.0348. The minimum atomic E-state index is -0.230. The highest BCUT2D eigenvalue weighted by Gasteiger charge is 2.25. The second-order valence-electron chi connectivity index (χ2n) is 7.53. The number of carbonyl (C=O) groups is 1. The van der Waals surface area contributed by atoms with Crippen LogP contribution in [-0.2, 0) is 11.3 Å². The lowest BCUT2D eigenvalue weighted by atomic mass is 10.0. The fraction of sp³-hybridized carbons (Fsp3) is 0.304. The Labute approximate surface area is 169 Å². The Morgan fingerprint density at radius 3 is 2.72 bits per heavy atom. The second-order valence-corrected chi connectivity index (χ2v) is 7.53. The lowest BCUT2D eigenvalue weighted by Crippen LogP contribution is -2.38. The Kier molecular flexibility index (Phi) is 5.56. The van der Waals surface area contributed by atoms with Crippen LogP contribution in [0.1, 0.15) is 27.7 Å². The van der Waals surface area contributed by atoms with Crippen LogP contribution >= 0.6 is 0 Å². The largest absolute Gasteiger partial charge is 0.369 e. The monoisotopic (exact) mass is 393 g/mol. The van der Waals surface area contributed by atoms with Crippen LogP contribution in [0.2, 0.25) is 0 Å². The zero-order valence-electron chi connectivity index (χ0n) is 16.6. The van der Waals surface area contributed by atoms with Crippen molar-refractivity contribution in [3.63, 3.8) is 0 Å². The first-order valence-corrected chi connectivity index (χ1v) is 9.71. The number of aromatic nitrogens is 1. The minimum Gasteiger partial charge on any atom is -0.369 e. The number of morpholine rings is 1. The van der Waals surface area contributed by atoms with Crippen LogP contribution in [0.3, 0.4) is 0 Å². The van der Waals surface area contributed by atoms with Crippen LogP contribution in [0.25, 0.3) is 10.9 Å². The van der Waals surface area contributed by atoms with Crippen LogP contribution in [0.4, 0.5) is 4.39 Å². The molecule has 1 fully saturated rings. The summed E-state index contributed by atoms with van der Waals surface area (Å²) in [7, 11) is 3.50. The van der Waals surface area contributed by atoms with Gasteiger partial charge in [-0.05, 0) is 29.8 Å². The van der Waals surface area contributed by atoms with Crippen LogP contribution in [0.15, 0.2) is 54.6 Å². The molecule has 0 unspecified atom stereocenters. The van der Waals surface area contributed by atoms with E-state index in [1.807, 2.05) is 42.5 Å². The number of nitrogens with zero attached hydrogens (tertiary/aromatic N) is 3. The molecule has 5 nitrogen and oxygen atoms in total. The summed E-state index contributed by atoms with van der Waals surface area (Å²) in [5, 5.41) is 0.842. The highest BCUT2D eigenvalue weighted by atomic mass is 19.1. The van der Waals surface area contributed by atoms with Crippen LogP contribution in [-0.4, -0.2) is 54.5 Å². The fourth-order valence-electron chi connectivity index (χ4n) is 3.65. The van der Waals surface area contributed by atoms with Crippen LogP contribution < -0.4 is 0 Å². The quantitative estimate of drug-likeness (QED) is 0.679. The number of ether oxygens (including phenoxy) is 1. The first-order chi connectivity index (χ1) is 14.0. The molecule has 1 saturated heterocycles. The molecular weight excluding hydrogens is 369 g/mol. The van der Waals surface area contributed by atoms with Crippen molar-refractivity contribution in [2.24, 2.45) is 0 Å². The van der Waals surface area contributed by atoms with E-state index < -0.39 is 0 Å². The van der Waals surface area contributed by atoms with Gasteiger partial charge in [0.2, 0.25) is 0 Å². The van der Waals surface area contributed by atoms with E-state index >= 15 is 0 Å². The molecule has 1 aliphatic heterocycles. The number of fused-ring (bicyclic) bond motifs is 1. The summed E-state index contributed by atoms with van der Waals surface area (Å²) in [6.45, 7) is 2.76. The molecule has 0 saturated carbocycles. The van der Waals surface area contributed by atoms with E-state index in [2.05, 4.69) is 4.90 Å². The molecule has 2 heterocycles. The number of amides is 1. The summed E-state index contributed by atoms with van der Waals surface area (Å²) in [5.74, 6) is -0.282. The predicted octanol–water partition coefficient (Wildman–Crippen LogP) is 3.65. The van der Waals surface area contributed by atoms with Crippen molar-refractivity contribution >= 4 is 16.8 Å². The average Bonchev–Trinajstić information content (AvgIpc) is 2.74. The van der Waals surface area contributed by atoms with Gasteiger partial charge in [-0.2, -0.15) is 0 Å². The zero-order chi connectivity index (χ0) is 20.4. The summed E-state index contributed by atoms with van der Waals surface area (Å²) in [4.78, 5) is 21.4. The van der Waals surface area contributed by atoms with E-state index in [1.165, 1.54) is 12.1 Å². The Morgan fingerprint density at radius 1 is 1.21 bits per heavy atom. The number of hydrogen-bond acceptors (Lipinski definition) is 4. The SMILES string of the molecule is CN(C)C(=O)c1cc([C@@H]2CN(Cc3ccc(F)cc3)CCO2)nc2ccccc12. The summed E-state index contributed by atoms with van der Waals surface area (Å²) in [6, 6.07) is 16.1. The van der Waals surface area contributed by atoms with Gasteiger partial charge in [0.15, 0.2) is 0 Å². The first-order valence-electron chi connectivity index (χ1n) is 9.71. The highest BCUT2D eigenvalue weighted by molar-refractivity contribution is 6.06. The van der Waals surface area contributed by atoms with Gasteiger partial charge in [-0.3, -0.25) is 9.69 Å². The van der Waals surface area contributed by atoms with E-state index in [0.29, 0.717) is 18.7 Å². The van der Waals surface area contributed by atoms with Gasteiger partial charge in [-0.25, -0.2) is 9.37 Å². The average molecular weight is 393 g/mol. The molecule has 1 aliphatic rings. The number of benzene rings is 2. The first kappa shape index (κ1) is 19.5. The van der Waals surface area contributed by atoms with Gasteiger partial charge in [-0.15, -0.1) is 0 Å². The van der Waals surface area contributed by atoms with Crippen molar-refractivity contribution in [2.45, 2.75) is 12.6 Å². The molecule has 3 aromatic rings. The maximum Gasteiger partial charge on any atom is 0.254 e. The second kappa shape index (κ2) is 8.27. The van der Waals surface area contributed by atoms with Crippen molar-refractivity contribution in [1.29, 1.82) is 0 Å². The molecule has 2 aromatic carbocycles. The van der Waals surface area contributed by atoms with Gasteiger partial charge in [0, 0.05) is 39.1 Å². The topological polar surface area (TPSA) is 45.7 Å². The number of pyridine rings is 1. The molecule has 0 N–H and O–H groups in total. The van der Waals surface area contributed by atoms with Gasteiger partial charge in [0.25, 0.3) is 5.91 Å². The number of hydrogen-bond donors (Lipinski definition) is 0. The maximum atomic E-state index is 13.2. The normalized spacial score (nSPS) is 17.4. The highest BCUT2D eigenvalue weighted by Crippen LogP contribution is 2.27. The lowest BCUT2D eigenvalue weighted by Gasteiger charge is -2.33. The van der Waals surface area contributed by atoms with E-state index in [9.17, 15) is 9.18 Å². The van der Waals surface area contributed by atoms with E-state index in [0.717, 1.165) is 35.2 Å². The molecule has 0 bridgehead atoms. The molecule has 6 heteroatoms. The molecule has 0 spiro atoms. The summed E-state index contributed by atoms with van der Waals surface area (Å²) in [6.07, 6.45) is -0.220. The van der Waals surface area contributed by atoms with Crippen LogP contribution in [0, 0.1) is 5.82 Å². The number of halogens is 1. The van der Waals surface area contributed by atoms with Gasteiger partial charge in [0.05, 0.1) is 23.4 Å². The Balaban J connectivity index is 1.61. The maximum absolute atomic E-state index is 13.2. The van der Waals surface area contributed by atoms with Crippen molar-refractivity contribution in [2.75, 3.05) is 33.8 Å². The van der Waals surface area contributed by atoms with Crippen LogP contribution in [0.5, 0.6) is 0 Å². The van der Waals surface area contributed by atoms with Gasteiger partial charge < -0.3 is 9.64 Å². The number of carbonyl (C=O) groups excluding carboxylic acids is 1. The Hall–Kier alpha value is -2.83. The van der Waals surface area contributed by atoms with Crippen molar-refractivity contribution in [3.8, 4) is 0 Å². The summed E-state index contributed by atoms with van der Waals surface area (Å²) < 4.78 is 19.2. The fourth-order valence-corrected chi connectivity index (χ4v) is 3.65. The third kappa shape index (κ3) is 4.28. The Bertz CT molecular complexity index is 1020. The van der Waals surface area contributed by atoms with E-state index in [4.69, 9.17) is 9.72 Å². The molecular formula is C23H24FN3O2. The van der Waals surface area contributed by atoms with Gasteiger partial charge in [0.1, 0.15) is 11.9 Å². The van der Waals surface area contributed by atoms with Crippen molar-refractivity contribution in [1.82, 2.24) is 14.8 Å². The molecule has 1 amide bonds. The Morgan fingerprint density at radius 2 is 1.97 bits per heavy atom. The molecule has 0 radical (unpaired) electrons. The third-order valence-electron chi connectivity index (χ3n) is 5.17. The summed E-state index contributed by atoms with van der Waals surface area (Å²) in [5.41, 5.74) is 3.24. The number of para-hydroxylation sites is 1. The molecule has 0 aliphatic carbocycles. The molecule has 4 rings (SSSR count). The number of rotatable bonds is 4. The smallest absolute Gasteiger partial charge is 0.254 e. The predicted molar refractivity (Wildman–Crippen MR) is 110 cm³/mol. The standard InChI is InChI=1S/C23H24FN3O2/c1-26(2)23(28)19-13-21(25-20-6-4-3-5-18(19)20)22-15-27(11-12-29-22)14-16-7-9-17(24)10-8-16/h3-10,13,22H,11-12,14-15H2,1-2H3/t22-/m0/s1. The minimum absolute atomic E-state index is 0.0520. The van der Waals surface area contributed by atoms with E-state index in [1.54, 1.807) is 19.0 Å². The van der Waals surface area contributed by atoms with E-state index in [-0.39, 0.29) is 17.8 Å². The molecule has 29 heavy (non-hydrogen) atoms. The van der Waals surface area contributed by atoms with Gasteiger partial charge >= 0.3 is 0 Å².